The van der Waals surface area contributed by atoms with E-state index in [0.717, 1.165) is 6.54 Å². The van der Waals surface area contributed by atoms with Crippen LogP contribution in [-0.2, 0) is 4.74 Å². The summed E-state index contributed by atoms with van der Waals surface area (Å²) in [6.45, 7) is 7.92. The van der Waals surface area contributed by atoms with Crippen LogP contribution in [0.4, 0.5) is 0 Å². The average Bonchev–Trinajstić information content (AvgIpc) is 2.42. The van der Waals surface area contributed by atoms with E-state index in [1.807, 2.05) is 0 Å². The van der Waals surface area contributed by atoms with E-state index in [2.05, 4.69) is 26.1 Å². The van der Waals surface area contributed by atoms with Gasteiger partial charge in [0.2, 0.25) is 0 Å². The molecule has 0 radical (unpaired) electrons. The first-order chi connectivity index (χ1) is 9.26. The Morgan fingerprint density at radius 2 is 1.95 bits per heavy atom. The number of rotatable bonds is 10. The van der Waals surface area contributed by atoms with Gasteiger partial charge in [-0.3, -0.25) is 0 Å². The molecule has 0 aliphatic heterocycles. The van der Waals surface area contributed by atoms with Crippen molar-refractivity contribution in [3.63, 3.8) is 0 Å². The Labute approximate surface area is 120 Å². The lowest BCUT2D eigenvalue weighted by Gasteiger charge is -2.31. The van der Waals surface area contributed by atoms with Crippen LogP contribution in [0, 0.1) is 0 Å². The minimum atomic E-state index is 0.451. The lowest BCUT2D eigenvalue weighted by atomic mass is 9.92. The first kappa shape index (κ1) is 17.0. The summed E-state index contributed by atoms with van der Waals surface area (Å²) in [4.78, 5) is 0. The van der Waals surface area contributed by atoms with E-state index in [0.29, 0.717) is 18.2 Å². The van der Waals surface area contributed by atoms with Gasteiger partial charge >= 0.3 is 0 Å². The van der Waals surface area contributed by atoms with Crippen LogP contribution in [0.2, 0.25) is 0 Å². The number of ether oxygens (including phenoxy) is 1. The topological polar surface area (TPSA) is 21.3 Å². The van der Waals surface area contributed by atoms with Crippen molar-refractivity contribution in [3.05, 3.63) is 0 Å². The molecule has 1 N–H and O–H groups in total. The fourth-order valence-electron chi connectivity index (χ4n) is 3.06. The molecule has 1 saturated carbocycles. The maximum Gasteiger partial charge on any atom is 0.0593 e. The second-order valence-corrected chi connectivity index (χ2v) is 6.24. The van der Waals surface area contributed by atoms with Gasteiger partial charge in [-0.2, -0.15) is 0 Å². The SMILES string of the molecule is CCCCCCC(C)OC1CCCC(NCCC)C1. The fraction of sp³-hybridized carbons (Fsp3) is 1.00. The highest BCUT2D eigenvalue weighted by Crippen LogP contribution is 2.23. The van der Waals surface area contributed by atoms with E-state index < -0.39 is 0 Å². The number of hydrogen-bond donors (Lipinski definition) is 1. The van der Waals surface area contributed by atoms with E-state index in [1.54, 1.807) is 0 Å². The first-order valence-electron chi connectivity index (χ1n) is 8.65. The lowest BCUT2D eigenvalue weighted by Crippen LogP contribution is -2.38. The van der Waals surface area contributed by atoms with Crippen LogP contribution in [0.25, 0.3) is 0 Å². The molecule has 0 aromatic heterocycles. The molecule has 0 heterocycles. The Bertz CT molecular complexity index is 207. The van der Waals surface area contributed by atoms with E-state index in [9.17, 15) is 0 Å². The first-order valence-corrected chi connectivity index (χ1v) is 8.65. The largest absolute Gasteiger partial charge is 0.375 e. The molecule has 1 aliphatic rings. The van der Waals surface area contributed by atoms with Gasteiger partial charge in [-0.1, -0.05) is 39.5 Å². The van der Waals surface area contributed by atoms with E-state index in [-0.39, 0.29) is 0 Å². The van der Waals surface area contributed by atoms with Gasteiger partial charge in [-0.15, -0.1) is 0 Å². The van der Waals surface area contributed by atoms with Crippen LogP contribution in [0.1, 0.15) is 85.0 Å². The van der Waals surface area contributed by atoms with Crippen molar-refractivity contribution < 1.29 is 4.74 Å². The van der Waals surface area contributed by atoms with Crippen LogP contribution in [0.15, 0.2) is 0 Å². The minimum Gasteiger partial charge on any atom is -0.375 e. The van der Waals surface area contributed by atoms with Gasteiger partial charge in [0.25, 0.3) is 0 Å². The third kappa shape index (κ3) is 7.94. The second kappa shape index (κ2) is 10.7. The van der Waals surface area contributed by atoms with Crippen molar-refractivity contribution in [2.45, 2.75) is 103 Å². The molecule has 0 aromatic rings. The summed E-state index contributed by atoms with van der Waals surface area (Å²) in [5.41, 5.74) is 0. The summed E-state index contributed by atoms with van der Waals surface area (Å²) in [6, 6.07) is 0.700. The molecule has 2 nitrogen and oxygen atoms in total. The van der Waals surface area contributed by atoms with Crippen LogP contribution in [0.5, 0.6) is 0 Å². The summed E-state index contributed by atoms with van der Waals surface area (Å²) in [5.74, 6) is 0. The summed E-state index contributed by atoms with van der Waals surface area (Å²) in [7, 11) is 0. The van der Waals surface area contributed by atoms with E-state index in [4.69, 9.17) is 4.74 Å². The predicted octanol–water partition coefficient (Wildman–Crippen LogP) is 4.67. The predicted molar refractivity (Wildman–Crippen MR) is 83.6 cm³/mol. The Morgan fingerprint density at radius 1 is 1.11 bits per heavy atom. The average molecular weight is 269 g/mol. The molecule has 0 amide bonds. The van der Waals surface area contributed by atoms with E-state index in [1.165, 1.54) is 64.2 Å². The molecule has 1 rings (SSSR count). The fourth-order valence-corrected chi connectivity index (χ4v) is 3.06. The maximum absolute atomic E-state index is 6.24. The third-order valence-electron chi connectivity index (χ3n) is 4.20. The van der Waals surface area contributed by atoms with Crippen molar-refractivity contribution in [2.75, 3.05) is 6.54 Å². The molecule has 0 spiro atoms. The van der Waals surface area contributed by atoms with Gasteiger partial charge in [0.05, 0.1) is 12.2 Å². The maximum atomic E-state index is 6.24. The van der Waals surface area contributed by atoms with Gasteiger partial charge in [0.1, 0.15) is 0 Å². The number of unbranched alkanes of at least 4 members (excludes halogenated alkanes) is 3. The zero-order valence-corrected chi connectivity index (χ0v) is 13.4. The van der Waals surface area contributed by atoms with Crippen molar-refractivity contribution in [2.24, 2.45) is 0 Å². The van der Waals surface area contributed by atoms with Gasteiger partial charge < -0.3 is 10.1 Å². The molecule has 1 aliphatic carbocycles. The Kier molecular flexibility index (Phi) is 9.54. The Balaban J connectivity index is 2.12. The van der Waals surface area contributed by atoms with Crippen molar-refractivity contribution in [1.82, 2.24) is 5.32 Å². The van der Waals surface area contributed by atoms with Gasteiger partial charge in [-0.05, 0) is 52.0 Å². The van der Waals surface area contributed by atoms with Crippen LogP contribution in [0.3, 0.4) is 0 Å². The third-order valence-corrected chi connectivity index (χ3v) is 4.20. The molecular formula is C17H35NO. The Morgan fingerprint density at radius 3 is 2.68 bits per heavy atom. The summed E-state index contributed by atoms with van der Waals surface area (Å²) < 4.78 is 6.24. The summed E-state index contributed by atoms with van der Waals surface area (Å²) >= 11 is 0. The molecule has 0 aromatic carbocycles. The highest BCUT2D eigenvalue weighted by atomic mass is 16.5. The van der Waals surface area contributed by atoms with Crippen LogP contribution in [-0.4, -0.2) is 24.8 Å². The zero-order valence-electron chi connectivity index (χ0n) is 13.4. The number of nitrogens with one attached hydrogen (secondary N) is 1. The molecule has 3 unspecified atom stereocenters. The molecule has 19 heavy (non-hydrogen) atoms. The van der Waals surface area contributed by atoms with E-state index >= 15 is 0 Å². The Hall–Kier alpha value is -0.0800. The lowest BCUT2D eigenvalue weighted by molar-refractivity contribution is -0.0310. The molecule has 3 atom stereocenters. The second-order valence-electron chi connectivity index (χ2n) is 6.24. The molecule has 1 fully saturated rings. The van der Waals surface area contributed by atoms with Gasteiger partial charge in [0.15, 0.2) is 0 Å². The molecule has 114 valence electrons. The molecule has 0 saturated heterocycles. The quantitative estimate of drug-likeness (QED) is 0.582. The molecule has 2 heteroatoms. The monoisotopic (exact) mass is 269 g/mol. The van der Waals surface area contributed by atoms with Crippen molar-refractivity contribution >= 4 is 0 Å². The minimum absolute atomic E-state index is 0.451. The van der Waals surface area contributed by atoms with Gasteiger partial charge in [0, 0.05) is 6.04 Å². The van der Waals surface area contributed by atoms with Crippen LogP contribution < -0.4 is 5.32 Å². The highest BCUT2D eigenvalue weighted by molar-refractivity contribution is 4.78. The number of hydrogen-bond acceptors (Lipinski definition) is 2. The summed E-state index contributed by atoms with van der Waals surface area (Å²) in [5, 5.41) is 3.65. The normalized spacial score (nSPS) is 25.4. The van der Waals surface area contributed by atoms with Crippen LogP contribution >= 0.6 is 0 Å². The van der Waals surface area contributed by atoms with Crippen molar-refractivity contribution in [3.8, 4) is 0 Å². The standard InChI is InChI=1S/C17H35NO/c1-4-6-7-8-10-15(3)19-17-12-9-11-16(14-17)18-13-5-2/h15-18H,4-14H2,1-3H3. The smallest absolute Gasteiger partial charge is 0.0593 e. The zero-order chi connectivity index (χ0) is 13.9. The molecular weight excluding hydrogens is 234 g/mol. The summed E-state index contributed by atoms with van der Waals surface area (Å²) in [6.07, 6.45) is 14.0. The molecule has 0 bridgehead atoms. The van der Waals surface area contributed by atoms with Gasteiger partial charge in [-0.25, -0.2) is 0 Å². The highest BCUT2D eigenvalue weighted by Gasteiger charge is 2.23. The van der Waals surface area contributed by atoms with Crippen molar-refractivity contribution in [1.29, 1.82) is 0 Å².